The van der Waals surface area contributed by atoms with Gasteiger partial charge in [0.1, 0.15) is 5.65 Å². The zero-order valence-corrected chi connectivity index (χ0v) is 13.3. The summed E-state index contributed by atoms with van der Waals surface area (Å²) >= 11 is 0. The van der Waals surface area contributed by atoms with Crippen LogP contribution >= 0.6 is 0 Å². The molecule has 1 aliphatic carbocycles. The zero-order chi connectivity index (χ0) is 15.3. The summed E-state index contributed by atoms with van der Waals surface area (Å²) in [6.45, 7) is 6.32. The fourth-order valence-electron chi connectivity index (χ4n) is 4.35. The van der Waals surface area contributed by atoms with Crippen LogP contribution in [0, 0.1) is 11.3 Å². The molecule has 2 aromatic heterocycles. The summed E-state index contributed by atoms with van der Waals surface area (Å²) in [5.74, 6) is 0.737. The lowest BCUT2D eigenvalue weighted by Crippen LogP contribution is -2.61. The second kappa shape index (κ2) is 4.83. The van der Waals surface area contributed by atoms with Gasteiger partial charge < -0.3 is 9.47 Å². The number of aromatic nitrogens is 2. The third kappa shape index (κ3) is 2.13. The van der Waals surface area contributed by atoms with Crippen LogP contribution in [0.5, 0.6) is 0 Å². The monoisotopic (exact) mass is 297 g/mol. The normalized spacial score (nSPS) is 20.4. The van der Waals surface area contributed by atoms with Gasteiger partial charge >= 0.3 is 0 Å². The maximum absolute atomic E-state index is 10.7. The van der Waals surface area contributed by atoms with Gasteiger partial charge in [0.2, 0.25) is 6.41 Å². The first-order valence-corrected chi connectivity index (χ1v) is 8.24. The molecule has 22 heavy (non-hydrogen) atoms. The van der Waals surface area contributed by atoms with Crippen LogP contribution in [0.3, 0.4) is 0 Å². The molecule has 0 aromatic carbocycles. The number of carbonyl (C=O) groups is 1. The second-order valence-electron chi connectivity index (χ2n) is 7.52. The lowest BCUT2D eigenvalue weighted by Gasteiger charge is -2.58. The number of pyridine rings is 1. The van der Waals surface area contributed by atoms with E-state index in [0.29, 0.717) is 11.5 Å². The molecule has 0 bridgehead atoms. The second-order valence-corrected chi connectivity index (χ2v) is 7.52. The molecule has 0 radical (unpaired) electrons. The summed E-state index contributed by atoms with van der Waals surface area (Å²) in [6.07, 6.45) is 6.69. The molecule has 4 nitrogen and oxygen atoms in total. The van der Waals surface area contributed by atoms with Crippen LogP contribution in [0.1, 0.15) is 38.4 Å². The minimum absolute atomic E-state index is 0.441. The van der Waals surface area contributed by atoms with Crippen molar-refractivity contribution >= 4 is 17.4 Å². The Morgan fingerprint density at radius 2 is 2.09 bits per heavy atom. The minimum Gasteiger partial charge on any atom is -0.344 e. The Labute approximate surface area is 131 Å². The van der Waals surface area contributed by atoms with Gasteiger partial charge in [-0.05, 0) is 57.2 Å². The van der Waals surface area contributed by atoms with E-state index in [-0.39, 0.29) is 0 Å². The molecule has 2 fully saturated rings. The van der Waals surface area contributed by atoms with Crippen LogP contribution in [0.2, 0.25) is 0 Å². The van der Waals surface area contributed by atoms with E-state index in [4.69, 9.17) is 4.98 Å². The molecule has 3 heterocycles. The van der Waals surface area contributed by atoms with Gasteiger partial charge in [-0.15, -0.1) is 0 Å². The van der Waals surface area contributed by atoms with Crippen molar-refractivity contribution in [1.29, 1.82) is 0 Å². The van der Waals surface area contributed by atoms with E-state index >= 15 is 0 Å². The SMILES string of the molecule is CC(C)n1ccc2ccc(CC3CC4(C3)CN(C=O)C4)nc21. The molecule has 116 valence electrons. The van der Waals surface area contributed by atoms with E-state index in [1.165, 1.54) is 23.9 Å². The van der Waals surface area contributed by atoms with E-state index in [1.54, 1.807) is 0 Å². The largest absolute Gasteiger partial charge is 0.344 e. The Bertz CT molecular complexity index is 704. The highest BCUT2D eigenvalue weighted by molar-refractivity contribution is 5.76. The van der Waals surface area contributed by atoms with Crippen LogP contribution in [0.4, 0.5) is 0 Å². The van der Waals surface area contributed by atoms with Gasteiger partial charge in [0.25, 0.3) is 0 Å². The predicted octanol–water partition coefficient (Wildman–Crippen LogP) is 3.03. The molecule has 0 N–H and O–H groups in total. The Balaban J connectivity index is 1.45. The molecule has 2 aromatic rings. The van der Waals surface area contributed by atoms with Gasteiger partial charge in [0, 0.05) is 41.8 Å². The van der Waals surface area contributed by atoms with Gasteiger partial charge in [0.05, 0.1) is 0 Å². The molecule has 2 aliphatic rings. The van der Waals surface area contributed by atoms with E-state index < -0.39 is 0 Å². The molecule has 1 amide bonds. The fraction of sp³-hybridized carbons (Fsp3) is 0.556. The van der Waals surface area contributed by atoms with Gasteiger partial charge in [-0.3, -0.25) is 4.79 Å². The summed E-state index contributed by atoms with van der Waals surface area (Å²) < 4.78 is 2.25. The number of rotatable bonds is 4. The molecular formula is C18H23N3O. The lowest BCUT2D eigenvalue weighted by atomic mass is 9.57. The Hall–Kier alpha value is -1.84. The summed E-state index contributed by atoms with van der Waals surface area (Å²) in [5, 5.41) is 1.23. The van der Waals surface area contributed by atoms with Crippen molar-refractivity contribution < 1.29 is 4.79 Å². The van der Waals surface area contributed by atoms with Crippen molar-refractivity contribution in [2.45, 2.75) is 39.2 Å². The molecule has 1 saturated carbocycles. The molecule has 4 rings (SSSR count). The first-order valence-electron chi connectivity index (χ1n) is 8.24. The highest BCUT2D eigenvalue weighted by atomic mass is 16.1. The number of hydrogen-bond donors (Lipinski definition) is 0. The summed E-state index contributed by atoms with van der Waals surface area (Å²) in [4.78, 5) is 17.5. The number of fused-ring (bicyclic) bond motifs is 1. The highest BCUT2D eigenvalue weighted by Gasteiger charge is 2.51. The van der Waals surface area contributed by atoms with Crippen LogP contribution in [0.25, 0.3) is 11.0 Å². The molecule has 0 atom stereocenters. The summed E-state index contributed by atoms with van der Waals surface area (Å²) in [6, 6.07) is 6.96. The number of hydrogen-bond acceptors (Lipinski definition) is 2. The topological polar surface area (TPSA) is 38.1 Å². The predicted molar refractivity (Wildman–Crippen MR) is 86.6 cm³/mol. The Morgan fingerprint density at radius 1 is 1.32 bits per heavy atom. The average molecular weight is 297 g/mol. The number of likely N-dealkylation sites (tertiary alicyclic amines) is 1. The highest BCUT2D eigenvalue weighted by Crippen LogP contribution is 2.52. The molecular weight excluding hydrogens is 274 g/mol. The third-order valence-corrected chi connectivity index (χ3v) is 5.35. The van der Waals surface area contributed by atoms with Crippen molar-refractivity contribution in [3.63, 3.8) is 0 Å². The quantitative estimate of drug-likeness (QED) is 0.814. The van der Waals surface area contributed by atoms with Gasteiger partial charge in [0.15, 0.2) is 0 Å². The maximum Gasteiger partial charge on any atom is 0.209 e. The average Bonchev–Trinajstić information content (AvgIpc) is 2.83. The van der Waals surface area contributed by atoms with Gasteiger partial charge in [-0.2, -0.15) is 0 Å². The number of amides is 1. The first kappa shape index (κ1) is 13.8. The molecule has 0 unspecified atom stereocenters. The molecule has 1 spiro atoms. The van der Waals surface area contributed by atoms with Crippen molar-refractivity contribution in [1.82, 2.24) is 14.5 Å². The van der Waals surface area contributed by atoms with Crippen LogP contribution in [0.15, 0.2) is 24.4 Å². The van der Waals surface area contributed by atoms with E-state index in [2.05, 4.69) is 42.8 Å². The number of nitrogens with zero attached hydrogens (tertiary/aromatic N) is 3. The standard InChI is InChI=1S/C18H23N3O/c1-13(2)21-6-5-15-3-4-16(19-17(15)21)7-14-8-18(9-14)10-20(11-18)12-22/h3-6,12-14H,7-11H2,1-2H3. The van der Waals surface area contributed by atoms with E-state index in [9.17, 15) is 4.79 Å². The third-order valence-electron chi connectivity index (χ3n) is 5.35. The van der Waals surface area contributed by atoms with Crippen molar-refractivity contribution in [2.24, 2.45) is 11.3 Å². The Morgan fingerprint density at radius 3 is 2.77 bits per heavy atom. The van der Waals surface area contributed by atoms with Crippen LogP contribution in [-0.2, 0) is 11.2 Å². The lowest BCUT2D eigenvalue weighted by molar-refractivity contribution is -0.141. The Kier molecular flexibility index (Phi) is 3.03. The molecule has 1 aliphatic heterocycles. The minimum atomic E-state index is 0.441. The summed E-state index contributed by atoms with van der Waals surface area (Å²) in [5.41, 5.74) is 2.77. The van der Waals surface area contributed by atoms with Gasteiger partial charge in [-0.25, -0.2) is 4.98 Å². The first-order chi connectivity index (χ1) is 10.6. The molecule has 4 heteroatoms. The van der Waals surface area contributed by atoms with E-state index in [1.807, 2.05) is 4.90 Å². The number of carbonyl (C=O) groups excluding carboxylic acids is 1. The van der Waals surface area contributed by atoms with Crippen molar-refractivity contribution in [2.75, 3.05) is 13.1 Å². The maximum atomic E-state index is 10.7. The summed E-state index contributed by atoms with van der Waals surface area (Å²) in [7, 11) is 0. The van der Waals surface area contributed by atoms with Gasteiger partial charge in [-0.1, -0.05) is 0 Å². The van der Waals surface area contributed by atoms with Crippen molar-refractivity contribution in [3.05, 3.63) is 30.1 Å². The fourth-order valence-corrected chi connectivity index (χ4v) is 4.35. The smallest absolute Gasteiger partial charge is 0.209 e. The molecule has 1 saturated heterocycles. The van der Waals surface area contributed by atoms with Crippen LogP contribution in [-0.4, -0.2) is 34.0 Å². The van der Waals surface area contributed by atoms with E-state index in [0.717, 1.165) is 37.5 Å². The van der Waals surface area contributed by atoms with Crippen molar-refractivity contribution in [3.8, 4) is 0 Å². The zero-order valence-electron chi connectivity index (χ0n) is 13.3. The van der Waals surface area contributed by atoms with Crippen LogP contribution < -0.4 is 0 Å².